The van der Waals surface area contributed by atoms with Gasteiger partial charge in [-0.05, 0) is 19.9 Å². The van der Waals surface area contributed by atoms with Gasteiger partial charge < -0.3 is 15.4 Å². The van der Waals surface area contributed by atoms with Gasteiger partial charge in [-0.3, -0.25) is 0 Å². The van der Waals surface area contributed by atoms with Crippen molar-refractivity contribution in [1.29, 1.82) is 0 Å². The van der Waals surface area contributed by atoms with Crippen molar-refractivity contribution in [3.63, 3.8) is 0 Å². The number of nitrogen functional groups attached to an aromatic ring is 1. The first kappa shape index (κ1) is 10.2. The molecule has 82 valence electrons. The lowest BCUT2D eigenvalue weighted by molar-refractivity contribution is 0.105. The van der Waals surface area contributed by atoms with Crippen molar-refractivity contribution >= 4 is 5.69 Å². The highest BCUT2D eigenvalue weighted by Crippen LogP contribution is 2.14. The minimum Gasteiger partial charge on any atom is -0.460 e. The summed E-state index contributed by atoms with van der Waals surface area (Å²) < 4.78 is 5.65. The monoisotopic (exact) mass is 208 g/mol. The number of aromatic nitrogens is 2. The summed E-state index contributed by atoms with van der Waals surface area (Å²) in [6.07, 6.45) is 5.44. The molecule has 2 rings (SSSR count). The van der Waals surface area contributed by atoms with Crippen LogP contribution in [0.25, 0.3) is 0 Å². The summed E-state index contributed by atoms with van der Waals surface area (Å²) >= 11 is 0. The van der Waals surface area contributed by atoms with Crippen molar-refractivity contribution in [3.05, 3.63) is 12.4 Å². The normalized spacial score (nSPS) is 19.0. The van der Waals surface area contributed by atoms with Crippen molar-refractivity contribution in [2.24, 2.45) is 0 Å². The Bertz CT molecular complexity index is 306. The molecule has 15 heavy (non-hydrogen) atoms. The van der Waals surface area contributed by atoms with Crippen LogP contribution in [0.2, 0.25) is 0 Å². The number of piperidine rings is 1. The summed E-state index contributed by atoms with van der Waals surface area (Å²) in [5, 5.41) is 0. The van der Waals surface area contributed by atoms with Gasteiger partial charge in [-0.15, -0.1) is 0 Å². The van der Waals surface area contributed by atoms with Gasteiger partial charge in [0.15, 0.2) is 0 Å². The molecule has 1 fully saturated rings. The molecular weight excluding hydrogens is 192 g/mol. The summed E-state index contributed by atoms with van der Waals surface area (Å²) in [6.45, 7) is 2.14. The van der Waals surface area contributed by atoms with Crippen LogP contribution in [0.5, 0.6) is 6.01 Å². The first-order valence-electron chi connectivity index (χ1n) is 5.17. The second-order valence-corrected chi connectivity index (χ2v) is 3.92. The van der Waals surface area contributed by atoms with E-state index in [1.54, 1.807) is 12.4 Å². The van der Waals surface area contributed by atoms with Crippen LogP contribution < -0.4 is 10.5 Å². The van der Waals surface area contributed by atoms with Gasteiger partial charge in [-0.25, -0.2) is 9.97 Å². The molecule has 1 aliphatic heterocycles. The van der Waals surface area contributed by atoms with Gasteiger partial charge in [-0.1, -0.05) is 0 Å². The lowest BCUT2D eigenvalue weighted by Crippen LogP contribution is -2.35. The van der Waals surface area contributed by atoms with Crippen LogP contribution in [-0.4, -0.2) is 41.1 Å². The van der Waals surface area contributed by atoms with Crippen LogP contribution in [0.1, 0.15) is 12.8 Å². The highest BCUT2D eigenvalue weighted by molar-refractivity contribution is 5.30. The zero-order valence-corrected chi connectivity index (χ0v) is 8.89. The third kappa shape index (κ3) is 2.79. The number of nitrogens with zero attached hydrogens (tertiary/aromatic N) is 3. The number of hydrogen-bond acceptors (Lipinski definition) is 5. The summed E-state index contributed by atoms with van der Waals surface area (Å²) in [5.41, 5.74) is 6.05. The zero-order valence-electron chi connectivity index (χ0n) is 8.89. The number of likely N-dealkylation sites (tertiary alicyclic amines) is 1. The van der Waals surface area contributed by atoms with E-state index in [0.717, 1.165) is 25.9 Å². The molecule has 0 spiro atoms. The Morgan fingerprint density at radius 1 is 1.33 bits per heavy atom. The zero-order chi connectivity index (χ0) is 10.7. The van der Waals surface area contributed by atoms with Gasteiger partial charge in [0, 0.05) is 13.1 Å². The van der Waals surface area contributed by atoms with E-state index in [4.69, 9.17) is 10.5 Å². The molecule has 0 radical (unpaired) electrons. The van der Waals surface area contributed by atoms with Gasteiger partial charge in [-0.2, -0.15) is 0 Å². The molecule has 1 aromatic rings. The summed E-state index contributed by atoms with van der Waals surface area (Å²) in [4.78, 5) is 10.3. The number of nitrogens with two attached hydrogens (primary N) is 1. The molecule has 0 saturated carbocycles. The van der Waals surface area contributed by atoms with E-state index in [2.05, 4.69) is 21.9 Å². The predicted molar refractivity (Wildman–Crippen MR) is 57.6 cm³/mol. The average Bonchev–Trinajstić information content (AvgIpc) is 2.25. The number of ether oxygens (including phenoxy) is 1. The molecule has 1 aliphatic rings. The number of hydrogen-bond donors (Lipinski definition) is 1. The maximum Gasteiger partial charge on any atom is 0.316 e. The topological polar surface area (TPSA) is 64.3 Å². The van der Waals surface area contributed by atoms with E-state index in [1.165, 1.54) is 0 Å². The molecule has 0 aromatic carbocycles. The highest BCUT2D eigenvalue weighted by Gasteiger charge is 2.18. The fourth-order valence-electron chi connectivity index (χ4n) is 1.64. The van der Waals surface area contributed by atoms with Gasteiger partial charge in [0.25, 0.3) is 0 Å². The standard InChI is InChI=1S/C10H16N4O/c1-14-4-2-9(3-5-14)15-10-12-6-8(11)7-13-10/h6-7,9H,2-5,11H2,1H3. The Kier molecular flexibility index (Phi) is 3.01. The van der Waals surface area contributed by atoms with Crippen LogP contribution in [0.4, 0.5) is 5.69 Å². The predicted octanol–water partition coefficient (Wildman–Crippen LogP) is 0.532. The summed E-state index contributed by atoms with van der Waals surface area (Å²) in [6, 6.07) is 0.429. The van der Waals surface area contributed by atoms with Gasteiger partial charge in [0.05, 0.1) is 18.1 Å². The van der Waals surface area contributed by atoms with Crippen molar-refractivity contribution in [3.8, 4) is 6.01 Å². The van der Waals surface area contributed by atoms with Crippen molar-refractivity contribution in [2.75, 3.05) is 25.9 Å². The Morgan fingerprint density at radius 2 is 1.93 bits per heavy atom. The first-order chi connectivity index (χ1) is 7.24. The summed E-state index contributed by atoms with van der Waals surface area (Å²) in [7, 11) is 2.12. The Hall–Kier alpha value is -1.36. The number of rotatable bonds is 2. The van der Waals surface area contributed by atoms with Gasteiger partial charge in [0.2, 0.25) is 0 Å². The van der Waals surface area contributed by atoms with Crippen LogP contribution in [-0.2, 0) is 0 Å². The Labute approximate surface area is 89.3 Å². The van der Waals surface area contributed by atoms with Crippen LogP contribution >= 0.6 is 0 Å². The maximum atomic E-state index is 5.65. The Morgan fingerprint density at radius 3 is 2.53 bits per heavy atom. The minimum absolute atomic E-state index is 0.241. The molecular formula is C10H16N4O. The van der Waals surface area contributed by atoms with Gasteiger partial charge in [0.1, 0.15) is 6.10 Å². The van der Waals surface area contributed by atoms with Crippen LogP contribution in [0.15, 0.2) is 12.4 Å². The van der Waals surface area contributed by atoms with Crippen molar-refractivity contribution < 1.29 is 4.74 Å². The average molecular weight is 208 g/mol. The molecule has 0 unspecified atom stereocenters. The van der Waals surface area contributed by atoms with Crippen LogP contribution in [0.3, 0.4) is 0 Å². The third-order valence-electron chi connectivity index (χ3n) is 2.59. The van der Waals surface area contributed by atoms with E-state index in [0.29, 0.717) is 11.7 Å². The van der Waals surface area contributed by atoms with Crippen LogP contribution in [0, 0.1) is 0 Å². The van der Waals surface area contributed by atoms with E-state index in [-0.39, 0.29) is 6.10 Å². The lowest BCUT2D eigenvalue weighted by Gasteiger charge is -2.28. The van der Waals surface area contributed by atoms with E-state index >= 15 is 0 Å². The summed E-state index contributed by atoms with van der Waals surface area (Å²) in [5.74, 6) is 0. The molecule has 0 aliphatic carbocycles. The molecule has 1 aromatic heterocycles. The fourth-order valence-corrected chi connectivity index (χ4v) is 1.64. The van der Waals surface area contributed by atoms with E-state index in [1.807, 2.05) is 0 Å². The molecule has 2 heterocycles. The molecule has 0 bridgehead atoms. The largest absolute Gasteiger partial charge is 0.460 e. The molecule has 1 saturated heterocycles. The van der Waals surface area contributed by atoms with Crippen molar-refractivity contribution in [1.82, 2.24) is 14.9 Å². The second-order valence-electron chi connectivity index (χ2n) is 3.92. The number of anilines is 1. The third-order valence-corrected chi connectivity index (χ3v) is 2.59. The minimum atomic E-state index is 0.241. The fraction of sp³-hybridized carbons (Fsp3) is 0.600. The highest BCUT2D eigenvalue weighted by atomic mass is 16.5. The molecule has 0 atom stereocenters. The Balaban J connectivity index is 1.89. The van der Waals surface area contributed by atoms with E-state index in [9.17, 15) is 0 Å². The quantitative estimate of drug-likeness (QED) is 0.768. The molecule has 5 heteroatoms. The lowest BCUT2D eigenvalue weighted by atomic mass is 10.1. The first-order valence-corrected chi connectivity index (χ1v) is 5.17. The second kappa shape index (κ2) is 4.44. The smallest absolute Gasteiger partial charge is 0.316 e. The molecule has 2 N–H and O–H groups in total. The SMILES string of the molecule is CN1CCC(Oc2ncc(N)cn2)CC1. The van der Waals surface area contributed by atoms with Crippen molar-refractivity contribution in [2.45, 2.75) is 18.9 Å². The van der Waals surface area contributed by atoms with E-state index < -0.39 is 0 Å². The van der Waals surface area contributed by atoms with Gasteiger partial charge >= 0.3 is 6.01 Å². The molecule has 5 nitrogen and oxygen atoms in total. The maximum absolute atomic E-state index is 5.65. The molecule has 0 amide bonds.